The Bertz CT molecular complexity index is 1220. The molecule has 2 aromatic carbocycles. The molecule has 3 aromatic rings. The zero-order valence-corrected chi connectivity index (χ0v) is 18.5. The molecule has 1 amide bonds. The Labute approximate surface area is 186 Å². The minimum Gasteiger partial charge on any atom is -0.507 e. The highest BCUT2D eigenvalue weighted by Crippen LogP contribution is 2.42. The Kier molecular flexibility index (Phi) is 5.61. The molecule has 1 unspecified atom stereocenters. The Morgan fingerprint density at radius 1 is 1.06 bits per heavy atom. The third-order valence-corrected chi connectivity index (χ3v) is 5.81. The standard InChI is InChI=1S/C26H25NO5/c1-15-7-9-17(3)18(12-15)14-27-23(21-6-5-11-32-21)22(25(29)26(27)30)24(28)19-13-16(2)8-10-20(19)31-4/h5-13,23,28H,14H2,1-4H3/b24-22-. The number of likely N-dealkylation sites (tertiary alicyclic amines) is 1. The van der Waals surface area contributed by atoms with Crippen LogP contribution in [0.5, 0.6) is 5.75 Å². The summed E-state index contributed by atoms with van der Waals surface area (Å²) < 4.78 is 11.0. The molecule has 0 spiro atoms. The molecule has 0 saturated carbocycles. The van der Waals surface area contributed by atoms with Crippen molar-refractivity contribution in [3.63, 3.8) is 0 Å². The van der Waals surface area contributed by atoms with Gasteiger partial charge in [0.2, 0.25) is 0 Å². The highest BCUT2D eigenvalue weighted by Gasteiger charge is 2.47. The maximum atomic E-state index is 13.2. The first-order valence-electron chi connectivity index (χ1n) is 10.3. The summed E-state index contributed by atoms with van der Waals surface area (Å²) in [5.74, 6) is -0.901. The van der Waals surface area contributed by atoms with Crippen molar-refractivity contribution < 1.29 is 23.8 Å². The van der Waals surface area contributed by atoms with E-state index in [2.05, 4.69) is 0 Å². The maximum absolute atomic E-state index is 13.2. The number of carbonyl (C=O) groups is 2. The summed E-state index contributed by atoms with van der Waals surface area (Å²) in [6.07, 6.45) is 1.49. The number of amides is 1. The van der Waals surface area contributed by atoms with Crippen LogP contribution >= 0.6 is 0 Å². The van der Waals surface area contributed by atoms with Gasteiger partial charge in [-0.15, -0.1) is 0 Å². The van der Waals surface area contributed by atoms with E-state index in [9.17, 15) is 14.7 Å². The van der Waals surface area contributed by atoms with Crippen molar-refractivity contribution >= 4 is 17.4 Å². The van der Waals surface area contributed by atoms with Gasteiger partial charge in [-0.2, -0.15) is 0 Å². The first kappa shape index (κ1) is 21.4. The third-order valence-electron chi connectivity index (χ3n) is 5.81. The number of furan rings is 1. The van der Waals surface area contributed by atoms with Crippen molar-refractivity contribution in [2.75, 3.05) is 7.11 Å². The van der Waals surface area contributed by atoms with Crippen molar-refractivity contribution in [1.82, 2.24) is 4.90 Å². The van der Waals surface area contributed by atoms with Gasteiger partial charge in [0.25, 0.3) is 11.7 Å². The second-order valence-corrected chi connectivity index (χ2v) is 8.08. The van der Waals surface area contributed by atoms with Crippen LogP contribution in [-0.2, 0) is 16.1 Å². The zero-order chi connectivity index (χ0) is 23.0. The van der Waals surface area contributed by atoms with Gasteiger partial charge in [0, 0.05) is 6.54 Å². The number of aryl methyl sites for hydroxylation is 3. The third kappa shape index (κ3) is 3.68. The lowest BCUT2D eigenvalue weighted by molar-refractivity contribution is -0.140. The van der Waals surface area contributed by atoms with Crippen LogP contribution in [0.15, 0.2) is 64.8 Å². The summed E-state index contributed by atoms with van der Waals surface area (Å²) in [7, 11) is 1.49. The highest BCUT2D eigenvalue weighted by molar-refractivity contribution is 6.46. The molecule has 2 heterocycles. The van der Waals surface area contributed by atoms with Gasteiger partial charge >= 0.3 is 0 Å². The Hall–Kier alpha value is -3.80. The summed E-state index contributed by atoms with van der Waals surface area (Å²) in [4.78, 5) is 27.8. The first-order valence-corrected chi connectivity index (χ1v) is 10.3. The number of aliphatic hydroxyl groups is 1. The molecule has 32 heavy (non-hydrogen) atoms. The second kappa shape index (κ2) is 8.38. The van der Waals surface area contributed by atoms with E-state index in [-0.39, 0.29) is 17.9 Å². The molecular formula is C26H25NO5. The summed E-state index contributed by atoms with van der Waals surface area (Å²) in [5.41, 5.74) is 4.22. The molecule has 1 aliphatic rings. The van der Waals surface area contributed by atoms with E-state index < -0.39 is 17.7 Å². The highest BCUT2D eigenvalue weighted by atomic mass is 16.5. The molecule has 6 nitrogen and oxygen atoms in total. The van der Waals surface area contributed by atoms with Crippen LogP contribution in [0.1, 0.15) is 39.6 Å². The van der Waals surface area contributed by atoms with Crippen LogP contribution in [0.25, 0.3) is 5.76 Å². The summed E-state index contributed by atoms with van der Waals surface area (Å²) in [6, 6.07) is 13.8. The van der Waals surface area contributed by atoms with E-state index in [0.29, 0.717) is 17.1 Å². The lowest BCUT2D eigenvalue weighted by Crippen LogP contribution is -2.29. The minimum atomic E-state index is -0.852. The quantitative estimate of drug-likeness (QED) is 0.355. The molecule has 1 atom stereocenters. The molecule has 164 valence electrons. The molecule has 1 aliphatic heterocycles. The number of ketones is 1. The maximum Gasteiger partial charge on any atom is 0.296 e. The van der Waals surface area contributed by atoms with Crippen LogP contribution in [0.3, 0.4) is 0 Å². The zero-order valence-electron chi connectivity index (χ0n) is 18.5. The number of aliphatic hydroxyl groups excluding tert-OH is 1. The van der Waals surface area contributed by atoms with Gasteiger partial charge in [-0.3, -0.25) is 9.59 Å². The van der Waals surface area contributed by atoms with Crippen LogP contribution < -0.4 is 4.74 Å². The molecule has 4 rings (SSSR count). The Morgan fingerprint density at radius 3 is 2.47 bits per heavy atom. The Balaban J connectivity index is 1.89. The van der Waals surface area contributed by atoms with E-state index >= 15 is 0 Å². The summed E-state index contributed by atoms with van der Waals surface area (Å²) in [5, 5.41) is 11.3. The van der Waals surface area contributed by atoms with Crippen LogP contribution in [-0.4, -0.2) is 28.8 Å². The molecule has 1 fully saturated rings. The summed E-state index contributed by atoms with van der Waals surface area (Å²) in [6.45, 7) is 6.03. The van der Waals surface area contributed by atoms with E-state index in [1.54, 1.807) is 24.3 Å². The fourth-order valence-electron chi connectivity index (χ4n) is 4.09. The molecule has 6 heteroatoms. The molecule has 0 radical (unpaired) electrons. The predicted molar refractivity (Wildman–Crippen MR) is 120 cm³/mol. The number of nitrogens with zero attached hydrogens (tertiary/aromatic N) is 1. The number of ether oxygens (including phenoxy) is 1. The van der Waals surface area contributed by atoms with Gasteiger partial charge in [-0.25, -0.2) is 0 Å². The van der Waals surface area contributed by atoms with Gasteiger partial charge in [0.15, 0.2) is 0 Å². The lowest BCUT2D eigenvalue weighted by atomic mass is 9.97. The average molecular weight is 431 g/mol. The fraction of sp³-hybridized carbons (Fsp3) is 0.231. The van der Waals surface area contributed by atoms with E-state index in [4.69, 9.17) is 9.15 Å². The fourth-order valence-corrected chi connectivity index (χ4v) is 4.09. The molecule has 1 N–H and O–H groups in total. The predicted octanol–water partition coefficient (Wildman–Crippen LogP) is 4.84. The molecule has 1 saturated heterocycles. The van der Waals surface area contributed by atoms with Gasteiger partial charge < -0.3 is 19.2 Å². The molecular weight excluding hydrogens is 406 g/mol. The van der Waals surface area contributed by atoms with Crippen molar-refractivity contribution in [1.29, 1.82) is 0 Å². The second-order valence-electron chi connectivity index (χ2n) is 8.08. The molecule has 1 aromatic heterocycles. The lowest BCUT2D eigenvalue weighted by Gasteiger charge is -2.24. The van der Waals surface area contributed by atoms with Crippen molar-refractivity contribution in [2.24, 2.45) is 0 Å². The molecule has 0 aliphatic carbocycles. The number of benzene rings is 2. The smallest absolute Gasteiger partial charge is 0.296 e. The minimum absolute atomic E-state index is 0.0147. The van der Waals surface area contributed by atoms with Gasteiger partial charge in [-0.1, -0.05) is 35.4 Å². The number of carbonyl (C=O) groups excluding carboxylic acids is 2. The van der Waals surface area contributed by atoms with Gasteiger partial charge in [0.05, 0.1) is 24.5 Å². The van der Waals surface area contributed by atoms with Crippen molar-refractivity contribution in [3.8, 4) is 5.75 Å². The number of methoxy groups -OCH3 is 1. The summed E-state index contributed by atoms with van der Waals surface area (Å²) >= 11 is 0. The monoisotopic (exact) mass is 431 g/mol. The Morgan fingerprint density at radius 2 is 1.78 bits per heavy atom. The normalized spacial score (nSPS) is 17.8. The van der Waals surface area contributed by atoms with Crippen molar-refractivity contribution in [2.45, 2.75) is 33.4 Å². The van der Waals surface area contributed by atoms with Gasteiger partial charge in [0.1, 0.15) is 23.3 Å². The number of rotatable bonds is 5. The van der Waals surface area contributed by atoms with Crippen LogP contribution in [0.2, 0.25) is 0 Å². The molecule has 0 bridgehead atoms. The average Bonchev–Trinajstić information content (AvgIpc) is 3.38. The van der Waals surface area contributed by atoms with Crippen LogP contribution in [0.4, 0.5) is 0 Å². The van der Waals surface area contributed by atoms with Crippen LogP contribution in [0, 0.1) is 20.8 Å². The largest absolute Gasteiger partial charge is 0.507 e. The number of hydrogen-bond donors (Lipinski definition) is 1. The van der Waals surface area contributed by atoms with Gasteiger partial charge in [-0.05, 0) is 56.2 Å². The van der Waals surface area contributed by atoms with E-state index in [0.717, 1.165) is 22.3 Å². The van der Waals surface area contributed by atoms with E-state index in [1.807, 2.05) is 45.0 Å². The number of Topliss-reactive ketones (excluding diaryl/α,β-unsaturated/α-hetero) is 1. The SMILES string of the molecule is COc1ccc(C)cc1/C(O)=C1/C(=O)C(=O)N(Cc2cc(C)ccc2C)C1c1ccco1. The first-order chi connectivity index (χ1) is 15.3. The number of hydrogen-bond acceptors (Lipinski definition) is 5. The van der Waals surface area contributed by atoms with E-state index in [1.165, 1.54) is 18.3 Å². The topological polar surface area (TPSA) is 80.0 Å². The van der Waals surface area contributed by atoms with Crippen molar-refractivity contribution in [3.05, 3.63) is 93.9 Å².